The molecule has 1 nitrogen and oxygen atoms in total. The summed E-state index contributed by atoms with van der Waals surface area (Å²) in [5, 5.41) is 0.798. The van der Waals surface area contributed by atoms with Gasteiger partial charge in [0, 0.05) is 11.1 Å². The SMILES string of the molecule is C=C(C)CCC(N)c1cccc(C)c1Cl. The molecule has 15 heavy (non-hydrogen) atoms. The molecule has 1 atom stereocenters. The van der Waals surface area contributed by atoms with E-state index in [9.17, 15) is 0 Å². The fourth-order valence-corrected chi connectivity index (χ4v) is 1.78. The van der Waals surface area contributed by atoms with Crippen molar-refractivity contribution in [1.82, 2.24) is 0 Å². The van der Waals surface area contributed by atoms with E-state index in [0.717, 1.165) is 34.6 Å². The van der Waals surface area contributed by atoms with E-state index in [2.05, 4.69) is 6.58 Å². The number of rotatable bonds is 4. The number of nitrogens with two attached hydrogens (primary N) is 1. The quantitative estimate of drug-likeness (QED) is 0.768. The van der Waals surface area contributed by atoms with Crippen LogP contribution < -0.4 is 5.73 Å². The summed E-state index contributed by atoms with van der Waals surface area (Å²) in [7, 11) is 0. The van der Waals surface area contributed by atoms with Crippen LogP contribution in [-0.4, -0.2) is 0 Å². The molecule has 0 amide bonds. The number of hydrogen-bond donors (Lipinski definition) is 1. The number of aryl methyl sites for hydroxylation is 1. The molecule has 0 aliphatic carbocycles. The van der Waals surface area contributed by atoms with E-state index in [0.29, 0.717) is 0 Å². The molecule has 2 heteroatoms. The monoisotopic (exact) mass is 223 g/mol. The molecule has 0 aliphatic rings. The van der Waals surface area contributed by atoms with Crippen molar-refractivity contribution in [2.75, 3.05) is 0 Å². The van der Waals surface area contributed by atoms with Gasteiger partial charge in [-0.3, -0.25) is 0 Å². The summed E-state index contributed by atoms with van der Waals surface area (Å²) < 4.78 is 0. The summed E-state index contributed by atoms with van der Waals surface area (Å²) in [6.45, 7) is 7.89. The van der Waals surface area contributed by atoms with Crippen LogP contribution in [0.5, 0.6) is 0 Å². The zero-order chi connectivity index (χ0) is 11.4. The Morgan fingerprint density at radius 1 is 1.53 bits per heavy atom. The van der Waals surface area contributed by atoms with Gasteiger partial charge in [-0.25, -0.2) is 0 Å². The molecule has 0 saturated carbocycles. The Labute approximate surface area is 96.9 Å². The highest BCUT2D eigenvalue weighted by Crippen LogP contribution is 2.27. The lowest BCUT2D eigenvalue weighted by Gasteiger charge is -2.14. The second kappa shape index (κ2) is 5.34. The fourth-order valence-electron chi connectivity index (χ4n) is 1.51. The second-order valence-corrected chi connectivity index (χ2v) is 4.46. The molecule has 0 aromatic heterocycles. The van der Waals surface area contributed by atoms with E-state index in [4.69, 9.17) is 17.3 Å². The summed E-state index contributed by atoms with van der Waals surface area (Å²) in [6.07, 6.45) is 1.85. The maximum absolute atomic E-state index is 6.20. The lowest BCUT2D eigenvalue weighted by molar-refractivity contribution is 0.649. The zero-order valence-electron chi connectivity index (χ0n) is 9.39. The molecule has 0 bridgehead atoms. The molecular weight excluding hydrogens is 206 g/mol. The molecule has 0 heterocycles. The van der Waals surface area contributed by atoms with E-state index in [1.54, 1.807) is 0 Å². The Morgan fingerprint density at radius 3 is 2.80 bits per heavy atom. The van der Waals surface area contributed by atoms with Gasteiger partial charge in [0.25, 0.3) is 0 Å². The van der Waals surface area contributed by atoms with Crippen molar-refractivity contribution < 1.29 is 0 Å². The Morgan fingerprint density at radius 2 is 2.20 bits per heavy atom. The molecule has 0 fully saturated rings. The predicted octanol–water partition coefficient (Wildman–Crippen LogP) is 4.00. The molecule has 1 rings (SSSR count). The Hall–Kier alpha value is -0.790. The van der Waals surface area contributed by atoms with Crippen LogP contribution in [-0.2, 0) is 0 Å². The van der Waals surface area contributed by atoms with Crippen molar-refractivity contribution in [2.45, 2.75) is 32.7 Å². The molecule has 0 aliphatic heterocycles. The minimum Gasteiger partial charge on any atom is -0.324 e. The predicted molar refractivity (Wildman–Crippen MR) is 67.2 cm³/mol. The lowest BCUT2D eigenvalue weighted by Crippen LogP contribution is -2.11. The largest absolute Gasteiger partial charge is 0.324 e. The van der Waals surface area contributed by atoms with Crippen LogP contribution in [0.3, 0.4) is 0 Å². The van der Waals surface area contributed by atoms with Crippen molar-refractivity contribution in [2.24, 2.45) is 5.73 Å². The van der Waals surface area contributed by atoms with Crippen molar-refractivity contribution in [3.05, 3.63) is 46.5 Å². The first-order valence-corrected chi connectivity index (χ1v) is 5.55. The van der Waals surface area contributed by atoms with Gasteiger partial charge in [0.15, 0.2) is 0 Å². The first kappa shape index (κ1) is 12.3. The van der Waals surface area contributed by atoms with E-state index in [-0.39, 0.29) is 6.04 Å². The van der Waals surface area contributed by atoms with Crippen molar-refractivity contribution in [3.8, 4) is 0 Å². The van der Waals surface area contributed by atoms with Crippen molar-refractivity contribution in [3.63, 3.8) is 0 Å². The standard InChI is InChI=1S/C13H18ClN/c1-9(2)7-8-12(15)11-6-4-5-10(3)13(11)14/h4-6,12H,1,7-8,15H2,2-3H3. The highest BCUT2D eigenvalue weighted by molar-refractivity contribution is 6.32. The summed E-state index contributed by atoms with van der Waals surface area (Å²) in [5.41, 5.74) is 9.37. The van der Waals surface area contributed by atoms with Crippen LogP contribution in [0, 0.1) is 6.92 Å². The number of allylic oxidation sites excluding steroid dienone is 1. The molecule has 2 N–H and O–H groups in total. The normalized spacial score (nSPS) is 12.5. The van der Waals surface area contributed by atoms with Crippen LogP contribution in [0.15, 0.2) is 30.4 Å². The third-order valence-electron chi connectivity index (χ3n) is 2.50. The number of halogens is 1. The summed E-state index contributed by atoms with van der Waals surface area (Å²) in [6, 6.07) is 6.00. The molecule has 1 unspecified atom stereocenters. The van der Waals surface area contributed by atoms with Crippen LogP contribution in [0.4, 0.5) is 0 Å². The average molecular weight is 224 g/mol. The van der Waals surface area contributed by atoms with Crippen LogP contribution in [0.2, 0.25) is 5.02 Å². The summed E-state index contributed by atoms with van der Waals surface area (Å²) in [4.78, 5) is 0. The highest BCUT2D eigenvalue weighted by Gasteiger charge is 2.10. The Bertz CT molecular complexity index is 358. The van der Waals surface area contributed by atoms with E-state index in [1.165, 1.54) is 0 Å². The molecular formula is C13H18ClN. The zero-order valence-corrected chi connectivity index (χ0v) is 10.1. The molecule has 82 valence electrons. The summed E-state index contributed by atoms with van der Waals surface area (Å²) in [5.74, 6) is 0. The maximum atomic E-state index is 6.20. The Balaban J connectivity index is 2.77. The van der Waals surface area contributed by atoms with Crippen molar-refractivity contribution >= 4 is 11.6 Å². The van der Waals surface area contributed by atoms with Gasteiger partial charge in [-0.05, 0) is 37.8 Å². The van der Waals surface area contributed by atoms with Gasteiger partial charge in [-0.2, -0.15) is 0 Å². The van der Waals surface area contributed by atoms with Gasteiger partial charge < -0.3 is 5.73 Å². The highest BCUT2D eigenvalue weighted by atomic mass is 35.5. The molecule has 0 radical (unpaired) electrons. The third-order valence-corrected chi connectivity index (χ3v) is 3.02. The minimum atomic E-state index is 0.00843. The van der Waals surface area contributed by atoms with Crippen LogP contribution in [0.1, 0.15) is 36.9 Å². The van der Waals surface area contributed by atoms with Crippen LogP contribution in [0.25, 0.3) is 0 Å². The van der Waals surface area contributed by atoms with Gasteiger partial charge in [-0.15, -0.1) is 6.58 Å². The lowest BCUT2D eigenvalue weighted by atomic mass is 9.99. The summed E-state index contributed by atoms with van der Waals surface area (Å²) >= 11 is 6.20. The second-order valence-electron chi connectivity index (χ2n) is 4.08. The van der Waals surface area contributed by atoms with Crippen LogP contribution >= 0.6 is 11.6 Å². The van der Waals surface area contributed by atoms with E-state index < -0.39 is 0 Å². The van der Waals surface area contributed by atoms with E-state index >= 15 is 0 Å². The third kappa shape index (κ3) is 3.37. The number of benzene rings is 1. The van der Waals surface area contributed by atoms with Gasteiger partial charge in [0.1, 0.15) is 0 Å². The maximum Gasteiger partial charge on any atom is 0.0482 e. The van der Waals surface area contributed by atoms with Crippen molar-refractivity contribution in [1.29, 1.82) is 0 Å². The first-order valence-electron chi connectivity index (χ1n) is 5.17. The molecule has 1 aromatic carbocycles. The van der Waals surface area contributed by atoms with Gasteiger partial charge >= 0.3 is 0 Å². The average Bonchev–Trinajstić information content (AvgIpc) is 2.18. The number of hydrogen-bond acceptors (Lipinski definition) is 1. The topological polar surface area (TPSA) is 26.0 Å². The van der Waals surface area contributed by atoms with Gasteiger partial charge in [0.2, 0.25) is 0 Å². The van der Waals surface area contributed by atoms with Gasteiger partial charge in [0.05, 0.1) is 0 Å². The molecule has 1 aromatic rings. The molecule has 0 spiro atoms. The fraction of sp³-hybridized carbons (Fsp3) is 0.385. The molecule has 0 saturated heterocycles. The first-order chi connectivity index (χ1) is 7.02. The Kier molecular flexibility index (Phi) is 4.37. The minimum absolute atomic E-state index is 0.00843. The van der Waals surface area contributed by atoms with E-state index in [1.807, 2.05) is 32.0 Å². The smallest absolute Gasteiger partial charge is 0.0482 e. The van der Waals surface area contributed by atoms with Gasteiger partial charge in [-0.1, -0.05) is 35.4 Å².